The number of aliphatic carboxylic acids is 1. The number of aromatic nitrogens is 1. The Labute approximate surface area is 292 Å². The van der Waals surface area contributed by atoms with Gasteiger partial charge in [-0.15, -0.1) is 6.58 Å². The maximum absolute atomic E-state index is 14.4. The van der Waals surface area contributed by atoms with Gasteiger partial charge in [0.1, 0.15) is 40.8 Å². The number of methoxy groups -OCH3 is 1. The summed E-state index contributed by atoms with van der Waals surface area (Å²) in [5, 5.41) is 16.1. The van der Waals surface area contributed by atoms with E-state index in [1.807, 2.05) is 48.5 Å². The third-order valence-corrected chi connectivity index (χ3v) is 8.99. The fourth-order valence-corrected chi connectivity index (χ4v) is 6.27. The minimum atomic E-state index is -1.50. The number of nitrogens with one attached hydrogen (secondary N) is 2. The normalized spacial score (nSPS) is 22.3. The quantitative estimate of drug-likeness (QED) is 0.240. The van der Waals surface area contributed by atoms with E-state index in [-0.39, 0.29) is 19.4 Å². The van der Waals surface area contributed by atoms with E-state index in [0.29, 0.717) is 28.1 Å². The van der Waals surface area contributed by atoms with Crippen molar-refractivity contribution >= 4 is 34.8 Å². The fraction of sp³-hybridized carbons (Fsp3) is 0.447. The molecule has 50 heavy (non-hydrogen) atoms. The Morgan fingerprint density at radius 2 is 1.76 bits per heavy atom. The predicted octanol–water partition coefficient (Wildman–Crippen LogP) is 5.34. The minimum absolute atomic E-state index is 0.00883. The number of benzene rings is 2. The summed E-state index contributed by atoms with van der Waals surface area (Å²) < 4.78 is 17.5. The Balaban J connectivity index is 1.51. The molecular weight excluding hydrogens is 640 g/mol. The number of amides is 3. The summed E-state index contributed by atoms with van der Waals surface area (Å²) in [6.45, 7) is 14.3. The van der Waals surface area contributed by atoms with Crippen LogP contribution in [0.4, 0.5) is 4.79 Å². The Morgan fingerprint density at radius 3 is 2.34 bits per heavy atom. The van der Waals surface area contributed by atoms with E-state index in [2.05, 4.69) is 17.2 Å². The Hall–Kier alpha value is -5.13. The molecule has 0 spiro atoms. The maximum atomic E-state index is 14.4. The highest BCUT2D eigenvalue weighted by atomic mass is 16.6. The summed E-state index contributed by atoms with van der Waals surface area (Å²) >= 11 is 0. The molecule has 1 aromatic heterocycles. The molecule has 1 saturated carbocycles. The summed E-state index contributed by atoms with van der Waals surface area (Å²) in [7, 11) is 1.57. The first-order valence-electron chi connectivity index (χ1n) is 16.6. The van der Waals surface area contributed by atoms with Crippen LogP contribution in [0.1, 0.15) is 54.4 Å². The van der Waals surface area contributed by atoms with Gasteiger partial charge in [0.25, 0.3) is 0 Å². The zero-order valence-electron chi connectivity index (χ0n) is 29.6. The number of rotatable bonds is 10. The van der Waals surface area contributed by atoms with Crippen LogP contribution in [-0.2, 0) is 19.1 Å². The van der Waals surface area contributed by atoms with Crippen molar-refractivity contribution in [1.82, 2.24) is 20.5 Å². The number of carboxylic acids is 1. The number of hydrogen-bond acceptors (Lipinski definition) is 8. The number of pyridine rings is 1. The second-order valence-electron chi connectivity index (χ2n) is 15.0. The zero-order valence-corrected chi connectivity index (χ0v) is 29.6. The van der Waals surface area contributed by atoms with E-state index in [1.54, 1.807) is 54.7 Å². The second kappa shape index (κ2) is 13.6. The molecule has 12 heteroatoms. The molecule has 0 bridgehead atoms. The van der Waals surface area contributed by atoms with Crippen LogP contribution in [0, 0.1) is 11.3 Å². The molecule has 3 amide bonds. The lowest BCUT2D eigenvalue weighted by molar-refractivity contribution is -0.146. The summed E-state index contributed by atoms with van der Waals surface area (Å²) in [6, 6.07) is 14.7. The van der Waals surface area contributed by atoms with Crippen LogP contribution in [0.3, 0.4) is 0 Å². The topological polar surface area (TPSA) is 156 Å². The molecular formula is C38H46N4O8. The molecule has 2 aliphatic rings. The lowest BCUT2D eigenvalue weighted by Crippen LogP contribution is -2.59. The van der Waals surface area contributed by atoms with Gasteiger partial charge in [0.15, 0.2) is 0 Å². The number of likely N-dealkylation sites (tertiary alicyclic amines) is 1. The van der Waals surface area contributed by atoms with Crippen LogP contribution >= 0.6 is 0 Å². The average molecular weight is 687 g/mol. The van der Waals surface area contributed by atoms with Gasteiger partial charge in [-0.1, -0.05) is 57.2 Å². The second-order valence-corrected chi connectivity index (χ2v) is 15.0. The molecule has 12 nitrogen and oxygen atoms in total. The van der Waals surface area contributed by atoms with Gasteiger partial charge in [0.05, 0.1) is 24.9 Å². The molecule has 2 fully saturated rings. The lowest BCUT2D eigenvalue weighted by Gasteiger charge is -2.35. The molecule has 1 unspecified atom stereocenters. The van der Waals surface area contributed by atoms with Gasteiger partial charge in [-0.25, -0.2) is 14.6 Å². The minimum Gasteiger partial charge on any atom is -0.497 e. The number of hydrogen-bond donors (Lipinski definition) is 3. The number of carbonyl (C=O) groups is 4. The van der Waals surface area contributed by atoms with E-state index in [0.717, 1.165) is 5.56 Å². The van der Waals surface area contributed by atoms with Crippen molar-refractivity contribution in [3.63, 3.8) is 0 Å². The summed E-state index contributed by atoms with van der Waals surface area (Å²) in [5.41, 5.74) is -0.950. The van der Waals surface area contributed by atoms with E-state index in [9.17, 15) is 24.3 Å². The fourth-order valence-electron chi connectivity index (χ4n) is 6.27. The van der Waals surface area contributed by atoms with Crippen molar-refractivity contribution in [3.8, 4) is 22.8 Å². The molecule has 1 aliphatic heterocycles. The van der Waals surface area contributed by atoms with Crippen LogP contribution in [-0.4, -0.2) is 81.8 Å². The number of carbonyl (C=O) groups excluding carboxylic acids is 3. The average Bonchev–Trinajstić information content (AvgIpc) is 3.61. The van der Waals surface area contributed by atoms with Crippen molar-refractivity contribution < 1.29 is 38.5 Å². The van der Waals surface area contributed by atoms with Crippen LogP contribution in [0.5, 0.6) is 11.5 Å². The third-order valence-electron chi connectivity index (χ3n) is 8.99. The van der Waals surface area contributed by atoms with Crippen molar-refractivity contribution in [2.45, 2.75) is 83.7 Å². The smallest absolute Gasteiger partial charge is 0.408 e. The molecule has 1 aliphatic carbocycles. The molecule has 5 atom stereocenters. The Kier molecular flexibility index (Phi) is 9.87. The van der Waals surface area contributed by atoms with Gasteiger partial charge >= 0.3 is 12.1 Å². The third kappa shape index (κ3) is 7.69. The largest absolute Gasteiger partial charge is 0.497 e. The molecule has 3 N–H and O–H groups in total. The standard InChI is InChI=1S/C38H46N4O8/c1-9-23-20-38(23,34(45)46)41-32(43)29-18-25(21-42(29)33(44)31(36(2,3)4)40-35(47)50-37(5,6)7)49-30-19-27(22-13-11-10-12-14-22)39-28-17-24(48-8)15-16-26(28)30/h9-17,19,23,25,29,31H,1,18,20-21H2,2-8H3,(H,40,47)(H,41,43)(H,45,46)/t23?,25-,29+,31-,38+/m1/s1. The van der Waals surface area contributed by atoms with Crippen molar-refractivity contribution in [3.05, 3.63) is 67.3 Å². The first-order valence-corrected chi connectivity index (χ1v) is 16.6. The molecule has 2 aromatic carbocycles. The first-order chi connectivity index (χ1) is 23.5. The van der Waals surface area contributed by atoms with Gasteiger partial charge in [-0.2, -0.15) is 0 Å². The number of fused-ring (bicyclic) bond motifs is 1. The molecule has 0 radical (unpaired) electrons. The van der Waals surface area contributed by atoms with Crippen LogP contribution < -0.4 is 20.1 Å². The van der Waals surface area contributed by atoms with E-state index < -0.39 is 64.5 Å². The number of nitrogens with zero attached hydrogens (tertiary/aromatic N) is 2. The van der Waals surface area contributed by atoms with Crippen molar-refractivity contribution in [2.24, 2.45) is 11.3 Å². The first kappa shape index (κ1) is 36.2. The molecule has 266 valence electrons. The van der Waals surface area contributed by atoms with E-state index in [1.165, 1.54) is 11.0 Å². The SMILES string of the molecule is C=CC1C[C@@]1(NC(=O)[C@@H]1C[C@@H](Oc2cc(-c3ccccc3)nc3cc(OC)ccc23)CN1C(=O)[C@@H](NC(=O)OC(C)(C)C)C(C)(C)C)C(=O)O. The van der Waals surface area contributed by atoms with E-state index >= 15 is 0 Å². The van der Waals surface area contributed by atoms with Gasteiger partial charge in [-0.05, 0) is 44.7 Å². The van der Waals surface area contributed by atoms with Gasteiger partial charge in [-0.3, -0.25) is 9.59 Å². The predicted molar refractivity (Wildman–Crippen MR) is 188 cm³/mol. The summed E-state index contributed by atoms with van der Waals surface area (Å²) in [6.07, 6.45) is 0.311. The highest BCUT2D eigenvalue weighted by Crippen LogP contribution is 2.45. The number of ether oxygens (including phenoxy) is 3. The van der Waals surface area contributed by atoms with E-state index in [4.69, 9.17) is 19.2 Å². The Morgan fingerprint density at radius 1 is 1.06 bits per heavy atom. The Bertz CT molecular complexity index is 1800. The van der Waals surface area contributed by atoms with Crippen LogP contribution in [0.2, 0.25) is 0 Å². The summed E-state index contributed by atoms with van der Waals surface area (Å²) in [5.74, 6) is -1.67. The summed E-state index contributed by atoms with van der Waals surface area (Å²) in [4.78, 5) is 59.8. The zero-order chi connectivity index (χ0) is 36.6. The number of alkyl carbamates (subject to hydrolysis) is 1. The molecule has 2 heterocycles. The molecule has 3 aromatic rings. The van der Waals surface area contributed by atoms with Gasteiger partial charge in [0, 0.05) is 35.4 Å². The van der Waals surface area contributed by atoms with Crippen molar-refractivity contribution in [2.75, 3.05) is 13.7 Å². The number of carboxylic acid groups (broad SMARTS) is 1. The monoisotopic (exact) mass is 686 g/mol. The van der Waals surface area contributed by atoms with Gasteiger partial charge in [0.2, 0.25) is 11.8 Å². The molecule has 5 rings (SSSR count). The highest BCUT2D eigenvalue weighted by Gasteiger charge is 2.61. The molecule has 1 saturated heterocycles. The highest BCUT2D eigenvalue weighted by molar-refractivity contribution is 5.96. The van der Waals surface area contributed by atoms with Crippen LogP contribution in [0.25, 0.3) is 22.2 Å². The van der Waals surface area contributed by atoms with Gasteiger partial charge < -0.3 is 34.9 Å². The van der Waals surface area contributed by atoms with Crippen molar-refractivity contribution in [1.29, 1.82) is 0 Å². The lowest BCUT2D eigenvalue weighted by atomic mass is 9.85. The van der Waals surface area contributed by atoms with Crippen LogP contribution in [0.15, 0.2) is 67.3 Å². The maximum Gasteiger partial charge on any atom is 0.408 e.